The molecule has 0 bridgehead atoms. The smallest absolute Gasteiger partial charge is 0.364 e. The summed E-state index contributed by atoms with van der Waals surface area (Å²) in [6.45, 7) is 5.47. The Hall–Kier alpha value is 0.0169. The summed E-state index contributed by atoms with van der Waals surface area (Å²) in [6, 6.07) is 0.862. The van der Waals surface area contributed by atoms with E-state index in [2.05, 4.69) is 10.2 Å². The van der Waals surface area contributed by atoms with Crippen molar-refractivity contribution < 1.29 is 14.0 Å². The van der Waals surface area contributed by atoms with Gasteiger partial charge in [0.2, 0.25) is 0 Å². The molecular formula is C10H24N2O3Si. The fourth-order valence-electron chi connectivity index (χ4n) is 2.00. The van der Waals surface area contributed by atoms with Crippen molar-refractivity contribution in [2.45, 2.75) is 12.5 Å². The monoisotopic (exact) mass is 248 g/mol. The third-order valence-electron chi connectivity index (χ3n) is 3.23. The van der Waals surface area contributed by atoms with Gasteiger partial charge in [0.25, 0.3) is 0 Å². The maximum atomic E-state index is 9.30. The fraction of sp³-hybridized carbons (Fsp3) is 1.00. The van der Waals surface area contributed by atoms with E-state index in [9.17, 15) is 5.11 Å². The van der Waals surface area contributed by atoms with Gasteiger partial charge in [0.05, 0.1) is 6.23 Å². The Balaban J connectivity index is 2.21. The molecule has 1 aliphatic heterocycles. The van der Waals surface area contributed by atoms with Gasteiger partial charge in [-0.25, -0.2) is 0 Å². The molecule has 0 aromatic heterocycles. The van der Waals surface area contributed by atoms with Gasteiger partial charge >= 0.3 is 8.56 Å². The lowest BCUT2D eigenvalue weighted by Crippen LogP contribution is -2.47. The molecule has 1 rings (SSSR count). The van der Waals surface area contributed by atoms with Crippen molar-refractivity contribution in [3.05, 3.63) is 0 Å². The van der Waals surface area contributed by atoms with Crippen LogP contribution < -0.4 is 5.32 Å². The number of hydrogen-bond acceptors (Lipinski definition) is 5. The van der Waals surface area contributed by atoms with Gasteiger partial charge in [0.1, 0.15) is 0 Å². The highest BCUT2D eigenvalue weighted by molar-refractivity contribution is 6.67. The summed E-state index contributed by atoms with van der Waals surface area (Å²) in [6.07, 6.45) is 1.08. The van der Waals surface area contributed by atoms with Crippen molar-refractivity contribution in [3.63, 3.8) is 0 Å². The third-order valence-corrected chi connectivity index (χ3v) is 6.31. The molecule has 6 heteroatoms. The molecule has 0 spiro atoms. The van der Waals surface area contributed by atoms with Crippen LogP contribution in [0.4, 0.5) is 0 Å². The summed E-state index contributed by atoms with van der Waals surface area (Å²) >= 11 is 0. The second-order valence-electron chi connectivity index (χ2n) is 4.17. The topological polar surface area (TPSA) is 54.0 Å². The van der Waals surface area contributed by atoms with Gasteiger partial charge in [-0.05, 0) is 19.0 Å². The second kappa shape index (κ2) is 7.36. The summed E-state index contributed by atoms with van der Waals surface area (Å²) in [4.78, 5) is 2.44. The number of aliphatic hydroxyl groups excluding tert-OH is 1. The zero-order valence-electron chi connectivity index (χ0n) is 10.4. The number of rotatable bonds is 7. The minimum absolute atomic E-state index is 0.0432. The highest BCUT2D eigenvalue weighted by Gasteiger charge is 2.34. The molecule has 0 aliphatic carbocycles. The zero-order valence-corrected chi connectivity index (χ0v) is 11.4. The van der Waals surface area contributed by atoms with Crippen LogP contribution in [0.2, 0.25) is 6.04 Å². The van der Waals surface area contributed by atoms with Crippen LogP contribution in [0.5, 0.6) is 0 Å². The first-order chi connectivity index (χ1) is 7.76. The number of piperazine rings is 1. The van der Waals surface area contributed by atoms with Crippen LogP contribution in [0.25, 0.3) is 0 Å². The Bertz CT molecular complexity index is 177. The molecule has 0 radical (unpaired) electrons. The van der Waals surface area contributed by atoms with Crippen LogP contribution in [-0.2, 0) is 8.85 Å². The van der Waals surface area contributed by atoms with E-state index in [1.807, 2.05) is 0 Å². The largest absolute Gasteiger partial charge is 0.396 e. The summed E-state index contributed by atoms with van der Waals surface area (Å²) in [5, 5.41) is 12.6. The first-order valence-corrected chi connectivity index (χ1v) is 8.13. The minimum Gasteiger partial charge on any atom is -0.396 e. The first kappa shape index (κ1) is 14.1. The van der Waals surface area contributed by atoms with Gasteiger partial charge in [-0.15, -0.1) is 0 Å². The molecule has 1 aliphatic rings. The molecule has 1 heterocycles. The SMILES string of the molecule is CO[Si](CO)(CCCN1CCNCC1)OC. The van der Waals surface area contributed by atoms with E-state index < -0.39 is 8.56 Å². The Morgan fingerprint density at radius 1 is 1.25 bits per heavy atom. The van der Waals surface area contributed by atoms with Crippen LogP contribution in [0.1, 0.15) is 6.42 Å². The van der Waals surface area contributed by atoms with Gasteiger partial charge in [-0.2, -0.15) is 0 Å². The van der Waals surface area contributed by atoms with Gasteiger partial charge < -0.3 is 24.2 Å². The predicted octanol–water partition coefficient (Wildman–Crippen LogP) is -0.452. The first-order valence-electron chi connectivity index (χ1n) is 5.90. The molecule has 1 saturated heterocycles. The van der Waals surface area contributed by atoms with Crippen LogP contribution in [0.15, 0.2) is 0 Å². The van der Waals surface area contributed by atoms with Gasteiger partial charge in [0.15, 0.2) is 0 Å². The van der Waals surface area contributed by atoms with Crippen LogP contribution in [0, 0.1) is 0 Å². The second-order valence-corrected chi connectivity index (χ2v) is 7.63. The molecule has 0 aromatic carbocycles. The van der Waals surface area contributed by atoms with E-state index in [-0.39, 0.29) is 6.23 Å². The molecule has 16 heavy (non-hydrogen) atoms. The highest BCUT2D eigenvalue weighted by Crippen LogP contribution is 2.14. The Morgan fingerprint density at radius 3 is 2.38 bits per heavy atom. The number of aliphatic hydroxyl groups is 1. The normalized spacial score (nSPS) is 18.9. The zero-order chi connectivity index (χ0) is 11.9. The van der Waals surface area contributed by atoms with Gasteiger partial charge in [-0.1, -0.05) is 0 Å². The van der Waals surface area contributed by atoms with Crippen molar-refractivity contribution >= 4 is 8.56 Å². The summed E-state index contributed by atoms with van der Waals surface area (Å²) in [7, 11) is 0.983. The van der Waals surface area contributed by atoms with Crippen molar-refractivity contribution in [1.29, 1.82) is 0 Å². The van der Waals surface area contributed by atoms with Crippen molar-refractivity contribution in [2.75, 3.05) is 53.2 Å². The average Bonchev–Trinajstić information content (AvgIpc) is 2.37. The molecule has 0 amide bonds. The molecule has 1 fully saturated rings. The lowest BCUT2D eigenvalue weighted by Gasteiger charge is -2.29. The molecule has 96 valence electrons. The van der Waals surface area contributed by atoms with Crippen molar-refractivity contribution in [3.8, 4) is 0 Å². The predicted molar refractivity (Wildman–Crippen MR) is 65.6 cm³/mol. The average molecular weight is 248 g/mol. The van der Waals surface area contributed by atoms with Crippen molar-refractivity contribution in [1.82, 2.24) is 10.2 Å². The van der Waals surface area contributed by atoms with Gasteiger partial charge in [0, 0.05) is 40.4 Å². The maximum absolute atomic E-state index is 9.30. The standard InChI is InChI=1S/C10H24N2O3Si/c1-14-16(10-13,15-2)9-3-6-12-7-4-11-5-8-12/h11,13H,3-10H2,1-2H3. The summed E-state index contributed by atoms with van der Waals surface area (Å²) in [5.41, 5.74) is 0. The van der Waals surface area contributed by atoms with E-state index in [4.69, 9.17) is 8.85 Å². The highest BCUT2D eigenvalue weighted by atomic mass is 28.4. The minimum atomic E-state index is -2.29. The van der Waals surface area contributed by atoms with Crippen LogP contribution in [-0.4, -0.2) is 71.7 Å². The van der Waals surface area contributed by atoms with Crippen LogP contribution >= 0.6 is 0 Å². The summed E-state index contributed by atoms with van der Waals surface area (Å²) in [5.74, 6) is 0. The molecule has 0 unspecified atom stereocenters. The number of nitrogens with zero attached hydrogens (tertiary/aromatic N) is 1. The van der Waals surface area contributed by atoms with Gasteiger partial charge in [-0.3, -0.25) is 0 Å². The van der Waals surface area contributed by atoms with E-state index >= 15 is 0 Å². The molecule has 0 saturated carbocycles. The molecule has 2 N–H and O–H groups in total. The number of hydrogen-bond donors (Lipinski definition) is 2. The van der Waals surface area contributed by atoms with E-state index in [1.54, 1.807) is 14.2 Å². The lowest BCUT2D eigenvalue weighted by atomic mass is 10.3. The number of nitrogens with one attached hydrogen (secondary N) is 1. The molecule has 0 aromatic rings. The Morgan fingerprint density at radius 2 is 1.88 bits per heavy atom. The molecule has 5 nitrogen and oxygen atoms in total. The van der Waals surface area contributed by atoms with Crippen LogP contribution in [0.3, 0.4) is 0 Å². The van der Waals surface area contributed by atoms with Crippen molar-refractivity contribution in [2.24, 2.45) is 0 Å². The van der Waals surface area contributed by atoms with E-state index in [0.29, 0.717) is 0 Å². The lowest BCUT2D eigenvalue weighted by molar-refractivity contribution is 0.190. The fourth-order valence-corrected chi connectivity index (χ4v) is 3.69. The summed E-state index contributed by atoms with van der Waals surface area (Å²) < 4.78 is 10.7. The Kier molecular flexibility index (Phi) is 6.48. The van der Waals surface area contributed by atoms with E-state index in [0.717, 1.165) is 45.2 Å². The molecular weight excluding hydrogens is 224 g/mol. The third kappa shape index (κ3) is 4.12. The Labute approximate surface area is 99.0 Å². The molecule has 0 atom stereocenters. The van der Waals surface area contributed by atoms with E-state index in [1.165, 1.54) is 0 Å². The quantitative estimate of drug-likeness (QED) is 0.598. The maximum Gasteiger partial charge on any atom is 0.364 e.